The number of hydrogen-bond acceptors (Lipinski definition) is 1. The molecule has 0 atom stereocenters. The zero-order chi connectivity index (χ0) is 14.0. The molecule has 1 heterocycles. The molecule has 0 aliphatic heterocycles. The summed E-state index contributed by atoms with van der Waals surface area (Å²) >= 11 is 0. The summed E-state index contributed by atoms with van der Waals surface area (Å²) in [4.78, 5) is 3.50. The van der Waals surface area contributed by atoms with Crippen LogP contribution in [0.15, 0.2) is 18.2 Å². The van der Waals surface area contributed by atoms with E-state index in [4.69, 9.17) is 0 Å². The van der Waals surface area contributed by atoms with Crippen LogP contribution in [0.5, 0.6) is 0 Å². The molecule has 19 heavy (non-hydrogen) atoms. The molecule has 1 aromatic heterocycles. The maximum atomic E-state index is 3.56. The molecular formula is C17H26N2. The average Bonchev–Trinajstić information content (AvgIpc) is 2.61. The first-order chi connectivity index (χ1) is 8.88. The molecular weight excluding hydrogens is 232 g/mol. The number of H-pyrrole nitrogens is 1. The van der Waals surface area contributed by atoms with Gasteiger partial charge in [-0.15, -0.1) is 0 Å². The van der Waals surface area contributed by atoms with Crippen LogP contribution in [-0.4, -0.2) is 18.1 Å². The highest BCUT2D eigenvalue weighted by molar-refractivity contribution is 5.87. The van der Waals surface area contributed by atoms with Crippen molar-refractivity contribution in [2.45, 2.75) is 41.0 Å². The number of benzene rings is 1. The first kappa shape index (κ1) is 14.1. The minimum Gasteiger partial charge on any atom is -0.358 e. The van der Waals surface area contributed by atoms with E-state index in [1.807, 2.05) is 0 Å². The summed E-state index contributed by atoms with van der Waals surface area (Å²) in [6.45, 7) is 13.3. The van der Waals surface area contributed by atoms with Gasteiger partial charge < -0.3 is 10.3 Å². The Balaban J connectivity index is 2.10. The molecule has 0 spiro atoms. The van der Waals surface area contributed by atoms with E-state index in [0.29, 0.717) is 5.41 Å². The Morgan fingerprint density at radius 3 is 2.58 bits per heavy atom. The molecule has 2 aromatic rings. The maximum absolute atomic E-state index is 3.56. The average molecular weight is 258 g/mol. The Bertz CT molecular complexity index is 558. The molecule has 0 amide bonds. The zero-order valence-corrected chi connectivity index (χ0v) is 12.9. The van der Waals surface area contributed by atoms with Crippen LogP contribution < -0.4 is 5.32 Å². The van der Waals surface area contributed by atoms with Crippen molar-refractivity contribution in [1.29, 1.82) is 0 Å². The highest BCUT2D eigenvalue weighted by Gasteiger charge is 2.11. The Hall–Kier alpha value is -1.28. The Kier molecular flexibility index (Phi) is 4.00. The quantitative estimate of drug-likeness (QED) is 0.798. The molecule has 0 saturated carbocycles. The molecule has 2 heteroatoms. The monoisotopic (exact) mass is 258 g/mol. The Morgan fingerprint density at radius 1 is 1.16 bits per heavy atom. The first-order valence-electron chi connectivity index (χ1n) is 7.16. The van der Waals surface area contributed by atoms with Gasteiger partial charge in [0.2, 0.25) is 0 Å². The number of hydrogen-bond donors (Lipinski definition) is 2. The van der Waals surface area contributed by atoms with Gasteiger partial charge in [-0.3, -0.25) is 0 Å². The predicted molar refractivity (Wildman–Crippen MR) is 83.8 cm³/mol. The number of fused-ring (bicyclic) bond motifs is 1. The lowest BCUT2D eigenvalue weighted by atomic mass is 9.97. The molecule has 1 aromatic carbocycles. The Morgan fingerprint density at radius 2 is 1.89 bits per heavy atom. The van der Waals surface area contributed by atoms with Crippen LogP contribution in [-0.2, 0) is 6.42 Å². The predicted octanol–water partition coefficient (Wildman–Crippen LogP) is 3.96. The summed E-state index contributed by atoms with van der Waals surface area (Å²) in [6, 6.07) is 6.48. The van der Waals surface area contributed by atoms with Gasteiger partial charge in [-0.05, 0) is 49.4 Å². The third kappa shape index (κ3) is 3.38. The van der Waals surface area contributed by atoms with Gasteiger partial charge in [0, 0.05) is 23.1 Å². The van der Waals surface area contributed by atoms with Crippen LogP contribution in [0.1, 0.15) is 37.6 Å². The molecule has 2 rings (SSSR count). The van der Waals surface area contributed by atoms with Crippen LogP contribution in [0, 0.1) is 19.3 Å². The van der Waals surface area contributed by atoms with E-state index >= 15 is 0 Å². The molecule has 0 bridgehead atoms. The van der Waals surface area contributed by atoms with Crippen LogP contribution in [0.3, 0.4) is 0 Å². The Labute approximate surface area is 116 Å². The number of aryl methyl sites for hydroxylation is 2. The van der Waals surface area contributed by atoms with Crippen LogP contribution in [0.25, 0.3) is 10.9 Å². The largest absolute Gasteiger partial charge is 0.358 e. The fourth-order valence-corrected chi connectivity index (χ4v) is 2.63. The van der Waals surface area contributed by atoms with Gasteiger partial charge in [-0.25, -0.2) is 0 Å². The lowest BCUT2D eigenvalue weighted by molar-refractivity contribution is 0.382. The lowest BCUT2D eigenvalue weighted by Crippen LogP contribution is -2.28. The van der Waals surface area contributed by atoms with Gasteiger partial charge in [-0.2, -0.15) is 0 Å². The van der Waals surface area contributed by atoms with Gasteiger partial charge >= 0.3 is 0 Å². The summed E-state index contributed by atoms with van der Waals surface area (Å²) in [5.74, 6) is 0. The normalized spacial score (nSPS) is 12.3. The van der Waals surface area contributed by atoms with Gasteiger partial charge in [0.25, 0.3) is 0 Å². The SMILES string of the molecule is Cc1[nH]c2cccc(C)c2c1CCNCC(C)(C)C. The molecule has 0 fully saturated rings. The van der Waals surface area contributed by atoms with Gasteiger partial charge in [0.1, 0.15) is 0 Å². The number of aromatic amines is 1. The maximum Gasteiger partial charge on any atom is 0.0461 e. The van der Waals surface area contributed by atoms with Crippen molar-refractivity contribution in [3.8, 4) is 0 Å². The minimum atomic E-state index is 0.352. The summed E-state index contributed by atoms with van der Waals surface area (Å²) in [7, 11) is 0. The summed E-state index contributed by atoms with van der Waals surface area (Å²) in [5.41, 5.74) is 5.76. The molecule has 104 valence electrons. The third-order valence-electron chi connectivity index (χ3n) is 3.56. The van der Waals surface area contributed by atoms with E-state index in [0.717, 1.165) is 19.5 Å². The molecule has 2 nitrogen and oxygen atoms in total. The van der Waals surface area contributed by atoms with E-state index in [-0.39, 0.29) is 0 Å². The third-order valence-corrected chi connectivity index (χ3v) is 3.56. The van der Waals surface area contributed by atoms with Gasteiger partial charge in [0.15, 0.2) is 0 Å². The van der Waals surface area contributed by atoms with Crippen molar-refractivity contribution in [3.63, 3.8) is 0 Å². The molecule has 2 N–H and O–H groups in total. The highest BCUT2D eigenvalue weighted by Crippen LogP contribution is 2.25. The van der Waals surface area contributed by atoms with Crippen LogP contribution >= 0.6 is 0 Å². The van der Waals surface area contributed by atoms with E-state index < -0.39 is 0 Å². The molecule has 0 unspecified atom stereocenters. The molecule has 0 saturated heterocycles. The highest BCUT2D eigenvalue weighted by atomic mass is 14.9. The summed E-state index contributed by atoms with van der Waals surface area (Å²) in [5, 5.41) is 4.98. The van der Waals surface area contributed by atoms with Crippen molar-refractivity contribution in [1.82, 2.24) is 10.3 Å². The first-order valence-corrected chi connectivity index (χ1v) is 7.16. The summed E-state index contributed by atoms with van der Waals surface area (Å²) < 4.78 is 0. The minimum absolute atomic E-state index is 0.352. The smallest absolute Gasteiger partial charge is 0.0461 e. The second kappa shape index (κ2) is 5.38. The number of rotatable bonds is 4. The fraction of sp³-hybridized carbons (Fsp3) is 0.529. The van der Waals surface area contributed by atoms with Crippen molar-refractivity contribution >= 4 is 10.9 Å². The number of aromatic nitrogens is 1. The van der Waals surface area contributed by atoms with Gasteiger partial charge in [-0.1, -0.05) is 32.9 Å². The molecule has 0 radical (unpaired) electrons. The lowest BCUT2D eigenvalue weighted by Gasteiger charge is -2.18. The van der Waals surface area contributed by atoms with E-state index in [1.165, 1.54) is 27.7 Å². The standard InChI is InChI=1S/C17H26N2/c1-12-7-6-8-15-16(12)14(13(2)19-15)9-10-18-11-17(3,4)5/h6-8,18-19H,9-11H2,1-5H3. The van der Waals surface area contributed by atoms with Crippen LogP contribution in [0.4, 0.5) is 0 Å². The van der Waals surface area contributed by atoms with Gasteiger partial charge in [0.05, 0.1) is 0 Å². The van der Waals surface area contributed by atoms with E-state index in [1.54, 1.807) is 0 Å². The second-order valence-electron chi connectivity index (χ2n) is 6.71. The van der Waals surface area contributed by atoms with E-state index in [9.17, 15) is 0 Å². The number of nitrogens with one attached hydrogen (secondary N) is 2. The van der Waals surface area contributed by atoms with Crippen LogP contribution in [0.2, 0.25) is 0 Å². The van der Waals surface area contributed by atoms with Crippen molar-refractivity contribution in [2.24, 2.45) is 5.41 Å². The van der Waals surface area contributed by atoms with E-state index in [2.05, 4.69) is 63.1 Å². The summed E-state index contributed by atoms with van der Waals surface area (Å²) in [6.07, 6.45) is 1.09. The van der Waals surface area contributed by atoms with Crippen molar-refractivity contribution in [3.05, 3.63) is 35.0 Å². The van der Waals surface area contributed by atoms with Crippen molar-refractivity contribution in [2.75, 3.05) is 13.1 Å². The zero-order valence-electron chi connectivity index (χ0n) is 12.9. The second-order valence-corrected chi connectivity index (χ2v) is 6.71. The fourth-order valence-electron chi connectivity index (χ4n) is 2.63. The topological polar surface area (TPSA) is 27.8 Å². The molecule has 0 aliphatic rings. The van der Waals surface area contributed by atoms with Crippen molar-refractivity contribution < 1.29 is 0 Å². The molecule has 0 aliphatic carbocycles.